The topological polar surface area (TPSA) is 51.6 Å². The third kappa shape index (κ3) is 3.12. The summed E-state index contributed by atoms with van der Waals surface area (Å²) in [6.45, 7) is 0. The van der Waals surface area contributed by atoms with Crippen molar-refractivity contribution in [1.29, 1.82) is 0 Å². The lowest BCUT2D eigenvalue weighted by Crippen LogP contribution is -1.98. The van der Waals surface area contributed by atoms with Gasteiger partial charge in [0.25, 0.3) is 0 Å². The Labute approximate surface area is 224 Å². The Morgan fingerprint density at radius 2 is 0.795 bits per heavy atom. The molecule has 0 N–H and O–H groups in total. The highest BCUT2D eigenvalue weighted by Gasteiger charge is 2.21. The quantitative estimate of drug-likeness (QED) is 0.156. The second-order valence-electron chi connectivity index (χ2n) is 10.6. The van der Waals surface area contributed by atoms with Gasteiger partial charge in [0.2, 0.25) is 0 Å². The summed E-state index contributed by atoms with van der Waals surface area (Å²) in [5, 5.41) is 6.76. The van der Waals surface area contributed by atoms with Crippen LogP contribution in [0.2, 0.25) is 0 Å². The van der Waals surface area contributed by atoms with E-state index in [1.807, 2.05) is 12.1 Å². The van der Waals surface area contributed by atoms with Gasteiger partial charge in [-0.05, 0) is 66.8 Å². The molecule has 182 valence electrons. The fraction of sp³-hybridized carbons (Fsp3) is 0.0857. The molecule has 0 unspecified atom stereocenters. The molecule has 4 aromatic heterocycles. The van der Waals surface area contributed by atoms with Crippen molar-refractivity contribution in [3.8, 4) is 11.4 Å². The Hall–Kier alpha value is -4.96. The number of benzene rings is 4. The molecule has 4 heteroatoms. The summed E-state index contributed by atoms with van der Waals surface area (Å²) < 4.78 is 0. The van der Waals surface area contributed by atoms with E-state index in [9.17, 15) is 0 Å². The Kier molecular flexibility index (Phi) is 4.19. The van der Waals surface area contributed by atoms with Crippen LogP contribution in [0.1, 0.15) is 17.5 Å². The molecule has 0 saturated heterocycles. The SMILES string of the molecule is c1ccc2nc3c(ccc4cc5c(nc43)-c3nc4c(ccc6cc7ccccc7nc64)cc3CCC5)cc2c1. The predicted octanol–water partition coefficient (Wildman–Crippen LogP) is 8.34. The number of hydrogen-bond donors (Lipinski definition) is 0. The van der Waals surface area contributed by atoms with Crippen LogP contribution in [0.3, 0.4) is 0 Å². The monoisotopic (exact) mass is 498 g/mol. The largest absolute Gasteiger partial charge is 0.245 e. The molecule has 0 radical (unpaired) electrons. The standard InChI is InChI=1S/C35H22N4/c1-3-10-28-20(6-1)16-24-12-14-26-18-22-8-5-9-23-19-27-15-13-25-17-21-7-2-4-11-29(21)37-31(25)35(27)39-33(23)32(22)38-34(26)30(24)36-28/h1-4,6-7,10-19H,5,8-9H2. The molecule has 4 heterocycles. The molecule has 0 spiro atoms. The maximum absolute atomic E-state index is 5.34. The third-order valence-electron chi connectivity index (χ3n) is 8.22. The molecule has 0 atom stereocenters. The van der Waals surface area contributed by atoms with E-state index in [2.05, 4.69) is 84.9 Å². The Bertz CT molecular complexity index is 2160. The molecule has 1 aliphatic rings. The van der Waals surface area contributed by atoms with Gasteiger partial charge in [-0.15, -0.1) is 0 Å². The van der Waals surface area contributed by atoms with E-state index in [-0.39, 0.29) is 0 Å². The summed E-state index contributed by atoms with van der Waals surface area (Å²) >= 11 is 0. The highest BCUT2D eigenvalue weighted by Crippen LogP contribution is 2.37. The Morgan fingerprint density at radius 1 is 0.385 bits per heavy atom. The zero-order chi connectivity index (χ0) is 25.5. The number of fused-ring (bicyclic) bond motifs is 11. The first kappa shape index (κ1) is 21.0. The predicted molar refractivity (Wildman–Crippen MR) is 160 cm³/mol. The van der Waals surface area contributed by atoms with Crippen LogP contribution in [0.5, 0.6) is 0 Å². The number of para-hydroxylation sites is 2. The summed E-state index contributed by atoms with van der Waals surface area (Å²) in [5.74, 6) is 0. The van der Waals surface area contributed by atoms with Gasteiger partial charge in [-0.25, -0.2) is 19.9 Å². The van der Waals surface area contributed by atoms with Crippen LogP contribution in [0.25, 0.3) is 76.8 Å². The van der Waals surface area contributed by atoms with Crippen LogP contribution < -0.4 is 0 Å². The molecule has 0 aliphatic heterocycles. The molecular weight excluding hydrogens is 476 g/mol. The zero-order valence-electron chi connectivity index (χ0n) is 21.1. The van der Waals surface area contributed by atoms with E-state index in [0.29, 0.717) is 0 Å². The van der Waals surface area contributed by atoms with E-state index >= 15 is 0 Å². The molecule has 8 aromatic rings. The molecule has 0 saturated carbocycles. The number of aryl methyl sites for hydroxylation is 2. The molecule has 39 heavy (non-hydrogen) atoms. The van der Waals surface area contributed by atoms with Crippen LogP contribution in [-0.4, -0.2) is 19.9 Å². The van der Waals surface area contributed by atoms with Gasteiger partial charge in [0.05, 0.1) is 44.5 Å². The number of aromatic nitrogens is 4. The minimum atomic E-state index is 0.939. The number of nitrogens with zero attached hydrogens (tertiary/aromatic N) is 4. The van der Waals surface area contributed by atoms with Crippen molar-refractivity contribution in [2.75, 3.05) is 0 Å². The van der Waals surface area contributed by atoms with Crippen molar-refractivity contribution in [3.63, 3.8) is 0 Å². The average Bonchev–Trinajstić information content (AvgIpc) is 3.15. The van der Waals surface area contributed by atoms with Gasteiger partial charge in [-0.1, -0.05) is 60.7 Å². The highest BCUT2D eigenvalue weighted by atomic mass is 14.8. The summed E-state index contributed by atoms with van der Waals surface area (Å²) in [7, 11) is 0. The number of pyridine rings is 4. The van der Waals surface area contributed by atoms with Gasteiger partial charge in [0.1, 0.15) is 0 Å². The summed E-state index contributed by atoms with van der Waals surface area (Å²) in [5.41, 5.74) is 10.2. The summed E-state index contributed by atoms with van der Waals surface area (Å²) in [6, 6.07) is 34.3. The van der Waals surface area contributed by atoms with Gasteiger partial charge >= 0.3 is 0 Å². The lowest BCUT2D eigenvalue weighted by atomic mass is 10.0. The van der Waals surface area contributed by atoms with Crippen LogP contribution >= 0.6 is 0 Å². The maximum atomic E-state index is 5.34. The lowest BCUT2D eigenvalue weighted by molar-refractivity contribution is 0.834. The van der Waals surface area contributed by atoms with Crippen LogP contribution in [-0.2, 0) is 12.8 Å². The van der Waals surface area contributed by atoms with Gasteiger partial charge in [-0.2, -0.15) is 0 Å². The minimum Gasteiger partial charge on any atom is -0.245 e. The fourth-order valence-electron chi connectivity index (χ4n) is 6.30. The summed E-state index contributed by atoms with van der Waals surface area (Å²) in [6.07, 6.45) is 3.04. The second-order valence-corrected chi connectivity index (χ2v) is 10.6. The first-order valence-electron chi connectivity index (χ1n) is 13.5. The van der Waals surface area contributed by atoms with E-state index < -0.39 is 0 Å². The van der Waals surface area contributed by atoms with Gasteiger partial charge in [-0.3, -0.25) is 0 Å². The second kappa shape index (κ2) is 7.78. The molecule has 4 aromatic carbocycles. The van der Waals surface area contributed by atoms with Crippen LogP contribution in [0, 0.1) is 0 Å². The Balaban J connectivity index is 1.36. The van der Waals surface area contributed by atoms with E-state index in [1.165, 1.54) is 11.1 Å². The minimum absolute atomic E-state index is 0.939. The van der Waals surface area contributed by atoms with Gasteiger partial charge in [0, 0.05) is 32.3 Å². The third-order valence-corrected chi connectivity index (χ3v) is 8.22. The molecule has 0 fully saturated rings. The smallest absolute Gasteiger partial charge is 0.0973 e. The van der Waals surface area contributed by atoms with Crippen molar-refractivity contribution >= 4 is 65.4 Å². The van der Waals surface area contributed by atoms with Crippen molar-refractivity contribution < 1.29 is 0 Å². The van der Waals surface area contributed by atoms with Crippen molar-refractivity contribution in [2.24, 2.45) is 0 Å². The van der Waals surface area contributed by atoms with Crippen molar-refractivity contribution in [2.45, 2.75) is 19.3 Å². The Morgan fingerprint density at radius 3 is 1.28 bits per heavy atom. The number of hydrogen-bond acceptors (Lipinski definition) is 4. The van der Waals surface area contributed by atoms with Gasteiger partial charge < -0.3 is 0 Å². The van der Waals surface area contributed by atoms with E-state index in [4.69, 9.17) is 19.9 Å². The maximum Gasteiger partial charge on any atom is 0.0973 e. The molecule has 9 rings (SSSR count). The molecule has 0 bridgehead atoms. The van der Waals surface area contributed by atoms with Crippen molar-refractivity contribution in [1.82, 2.24) is 19.9 Å². The van der Waals surface area contributed by atoms with Crippen LogP contribution in [0.4, 0.5) is 0 Å². The zero-order valence-corrected chi connectivity index (χ0v) is 21.1. The molecule has 0 amide bonds. The first-order valence-corrected chi connectivity index (χ1v) is 13.5. The number of rotatable bonds is 0. The molecule has 1 aliphatic carbocycles. The molecule has 4 nitrogen and oxygen atoms in total. The van der Waals surface area contributed by atoms with Crippen LogP contribution in [0.15, 0.2) is 97.1 Å². The van der Waals surface area contributed by atoms with Crippen molar-refractivity contribution in [3.05, 3.63) is 108 Å². The lowest BCUT2D eigenvalue weighted by Gasteiger charge is -2.13. The normalized spacial score (nSPS) is 13.3. The van der Waals surface area contributed by atoms with Gasteiger partial charge in [0.15, 0.2) is 0 Å². The van der Waals surface area contributed by atoms with E-state index in [1.54, 1.807) is 0 Å². The molecular formula is C35H22N4. The van der Waals surface area contributed by atoms with E-state index in [0.717, 1.165) is 96.1 Å². The summed E-state index contributed by atoms with van der Waals surface area (Å²) in [4.78, 5) is 20.8. The highest BCUT2D eigenvalue weighted by molar-refractivity contribution is 6.09. The fourth-order valence-corrected chi connectivity index (χ4v) is 6.30. The first-order chi connectivity index (χ1) is 19.3. The average molecular weight is 499 g/mol.